The predicted molar refractivity (Wildman–Crippen MR) is 107 cm³/mol. The summed E-state index contributed by atoms with van der Waals surface area (Å²) >= 11 is 0. The van der Waals surface area contributed by atoms with E-state index in [9.17, 15) is 0 Å². The van der Waals surface area contributed by atoms with E-state index < -0.39 is 0 Å². The van der Waals surface area contributed by atoms with Crippen molar-refractivity contribution in [3.05, 3.63) is 78.9 Å². The summed E-state index contributed by atoms with van der Waals surface area (Å²) in [5, 5.41) is 4.58. The molecular formula is C23H13N3. The molecular weight excluding hydrogens is 318 g/mol. The van der Waals surface area contributed by atoms with Gasteiger partial charge in [-0.1, -0.05) is 36.4 Å². The molecule has 0 spiro atoms. The minimum absolute atomic E-state index is 0.921. The third kappa shape index (κ3) is 1.85. The lowest BCUT2D eigenvalue weighted by atomic mass is 10.0. The molecule has 6 rings (SSSR count). The highest BCUT2D eigenvalue weighted by atomic mass is 14.8. The van der Waals surface area contributed by atoms with E-state index in [1.807, 2.05) is 36.4 Å². The fourth-order valence-electron chi connectivity index (χ4n) is 3.75. The largest absolute Gasteiger partial charge is 0.248 e. The van der Waals surface area contributed by atoms with Gasteiger partial charge in [0, 0.05) is 16.2 Å². The van der Waals surface area contributed by atoms with Crippen LogP contribution in [0.1, 0.15) is 0 Å². The van der Waals surface area contributed by atoms with Crippen molar-refractivity contribution in [1.29, 1.82) is 0 Å². The smallest absolute Gasteiger partial charge is 0.0973 e. The zero-order valence-electron chi connectivity index (χ0n) is 13.8. The van der Waals surface area contributed by atoms with Crippen molar-refractivity contribution >= 4 is 54.6 Å². The summed E-state index contributed by atoms with van der Waals surface area (Å²) in [6, 6.07) is 26.9. The highest BCUT2D eigenvalue weighted by molar-refractivity contribution is 6.17. The van der Waals surface area contributed by atoms with Crippen molar-refractivity contribution in [2.75, 3.05) is 0 Å². The van der Waals surface area contributed by atoms with Crippen LogP contribution in [0.3, 0.4) is 0 Å². The summed E-state index contributed by atoms with van der Waals surface area (Å²) in [7, 11) is 0. The first-order valence-corrected chi connectivity index (χ1v) is 8.65. The van der Waals surface area contributed by atoms with E-state index in [1.165, 1.54) is 0 Å². The molecule has 26 heavy (non-hydrogen) atoms. The molecule has 3 heteroatoms. The lowest BCUT2D eigenvalue weighted by molar-refractivity contribution is 1.41. The number of fused-ring (bicyclic) bond motifs is 7. The molecule has 0 saturated carbocycles. The van der Waals surface area contributed by atoms with Crippen LogP contribution in [0.5, 0.6) is 0 Å². The van der Waals surface area contributed by atoms with Crippen LogP contribution >= 0.6 is 0 Å². The van der Waals surface area contributed by atoms with Gasteiger partial charge in [-0.25, -0.2) is 15.0 Å². The molecule has 0 aliphatic rings. The van der Waals surface area contributed by atoms with Crippen molar-refractivity contribution in [1.82, 2.24) is 15.0 Å². The van der Waals surface area contributed by atoms with Crippen LogP contribution in [0, 0.1) is 0 Å². The van der Waals surface area contributed by atoms with Gasteiger partial charge in [-0.05, 0) is 47.9 Å². The summed E-state index contributed by atoms with van der Waals surface area (Å²) in [5.41, 5.74) is 5.73. The molecule has 120 valence electrons. The Balaban J connectivity index is 1.80. The number of nitrogens with zero attached hydrogens (tertiary/aromatic N) is 3. The number of aromatic nitrogens is 3. The molecule has 0 unspecified atom stereocenters. The highest BCUT2D eigenvalue weighted by Gasteiger charge is 2.09. The van der Waals surface area contributed by atoms with Crippen molar-refractivity contribution in [2.45, 2.75) is 0 Å². The molecule has 6 aromatic rings. The number of benzene rings is 4. The average Bonchev–Trinajstić information content (AvgIpc) is 2.70. The van der Waals surface area contributed by atoms with Crippen LogP contribution in [0.2, 0.25) is 0 Å². The lowest BCUT2D eigenvalue weighted by Crippen LogP contribution is -1.90. The lowest BCUT2D eigenvalue weighted by Gasteiger charge is -2.08. The van der Waals surface area contributed by atoms with Gasteiger partial charge in [0.1, 0.15) is 0 Å². The van der Waals surface area contributed by atoms with E-state index in [0.717, 1.165) is 54.6 Å². The topological polar surface area (TPSA) is 38.7 Å². The number of rotatable bonds is 0. The van der Waals surface area contributed by atoms with Gasteiger partial charge in [-0.15, -0.1) is 0 Å². The monoisotopic (exact) mass is 331 g/mol. The Morgan fingerprint density at radius 1 is 0.423 bits per heavy atom. The van der Waals surface area contributed by atoms with E-state index in [4.69, 9.17) is 15.0 Å². The van der Waals surface area contributed by atoms with Gasteiger partial charge in [0.05, 0.1) is 33.1 Å². The maximum absolute atomic E-state index is 4.89. The Hall–Kier alpha value is -3.59. The van der Waals surface area contributed by atoms with E-state index in [-0.39, 0.29) is 0 Å². The zero-order valence-corrected chi connectivity index (χ0v) is 13.8. The molecule has 4 aromatic carbocycles. The van der Waals surface area contributed by atoms with Gasteiger partial charge >= 0.3 is 0 Å². The summed E-state index contributed by atoms with van der Waals surface area (Å²) in [5.74, 6) is 0. The van der Waals surface area contributed by atoms with Crippen molar-refractivity contribution in [3.8, 4) is 0 Å². The molecule has 0 amide bonds. The molecule has 2 aromatic heterocycles. The molecule has 0 aliphatic carbocycles. The minimum atomic E-state index is 0.921. The van der Waals surface area contributed by atoms with Gasteiger partial charge in [0.15, 0.2) is 0 Å². The number of pyridine rings is 1. The van der Waals surface area contributed by atoms with E-state index in [0.29, 0.717) is 0 Å². The highest BCUT2D eigenvalue weighted by Crippen LogP contribution is 2.31. The number of hydrogen-bond acceptors (Lipinski definition) is 3. The number of hydrogen-bond donors (Lipinski definition) is 0. The van der Waals surface area contributed by atoms with Crippen molar-refractivity contribution in [2.24, 2.45) is 0 Å². The molecule has 2 heterocycles. The van der Waals surface area contributed by atoms with Crippen LogP contribution in [-0.4, -0.2) is 15.0 Å². The first-order chi connectivity index (χ1) is 12.9. The Bertz CT molecular complexity index is 1370. The molecule has 0 radical (unpaired) electrons. The Labute approximate surface area is 148 Å². The minimum Gasteiger partial charge on any atom is -0.248 e. The zero-order chi connectivity index (χ0) is 17.1. The van der Waals surface area contributed by atoms with Gasteiger partial charge < -0.3 is 0 Å². The van der Waals surface area contributed by atoms with Crippen LogP contribution in [0.25, 0.3) is 54.6 Å². The van der Waals surface area contributed by atoms with Gasteiger partial charge in [-0.2, -0.15) is 0 Å². The second-order valence-corrected chi connectivity index (χ2v) is 6.55. The fourth-order valence-corrected chi connectivity index (χ4v) is 3.75. The van der Waals surface area contributed by atoms with Crippen molar-refractivity contribution in [3.63, 3.8) is 0 Å². The molecule has 0 atom stereocenters. The van der Waals surface area contributed by atoms with Gasteiger partial charge in [0.25, 0.3) is 0 Å². The fraction of sp³-hybridized carbons (Fsp3) is 0. The molecule has 0 fully saturated rings. The van der Waals surface area contributed by atoms with E-state index in [1.54, 1.807) is 0 Å². The van der Waals surface area contributed by atoms with Crippen LogP contribution in [0.4, 0.5) is 0 Å². The maximum atomic E-state index is 4.89. The summed E-state index contributed by atoms with van der Waals surface area (Å²) in [6.07, 6.45) is 0. The second-order valence-electron chi connectivity index (χ2n) is 6.55. The Kier molecular flexibility index (Phi) is 2.61. The van der Waals surface area contributed by atoms with Gasteiger partial charge in [-0.3, -0.25) is 0 Å². The summed E-state index contributed by atoms with van der Waals surface area (Å²) in [4.78, 5) is 14.5. The summed E-state index contributed by atoms with van der Waals surface area (Å²) in [6.45, 7) is 0. The normalized spacial score (nSPS) is 11.8. The van der Waals surface area contributed by atoms with Crippen LogP contribution in [0.15, 0.2) is 78.9 Å². The molecule has 0 aliphatic heterocycles. The first-order valence-electron chi connectivity index (χ1n) is 8.65. The molecule has 0 N–H and O–H groups in total. The van der Waals surface area contributed by atoms with Crippen LogP contribution < -0.4 is 0 Å². The Morgan fingerprint density at radius 3 is 1.96 bits per heavy atom. The van der Waals surface area contributed by atoms with Gasteiger partial charge in [0.2, 0.25) is 0 Å². The third-order valence-corrected chi connectivity index (χ3v) is 5.00. The maximum Gasteiger partial charge on any atom is 0.0973 e. The Morgan fingerprint density at radius 2 is 1.08 bits per heavy atom. The molecule has 3 nitrogen and oxygen atoms in total. The van der Waals surface area contributed by atoms with Crippen molar-refractivity contribution < 1.29 is 0 Å². The SMILES string of the molecule is c1ccc2nc3ccc4c(ccc5nc6ccccc6nc54)c3cc2c1. The number of para-hydroxylation sites is 3. The quantitative estimate of drug-likeness (QED) is 0.267. The second kappa shape index (κ2) is 4.96. The summed E-state index contributed by atoms with van der Waals surface area (Å²) < 4.78 is 0. The van der Waals surface area contributed by atoms with E-state index >= 15 is 0 Å². The third-order valence-electron chi connectivity index (χ3n) is 5.00. The van der Waals surface area contributed by atoms with Crippen LogP contribution in [-0.2, 0) is 0 Å². The molecule has 0 saturated heterocycles. The standard InChI is InChI=1S/C23H13N3/c1-2-6-18-14(5-1)13-17-15-9-12-22-23(16(15)10-11-19(17)24-18)26-21-8-4-3-7-20(21)25-22/h1-13H. The molecule has 0 bridgehead atoms. The average molecular weight is 331 g/mol. The van der Waals surface area contributed by atoms with E-state index in [2.05, 4.69) is 42.5 Å². The predicted octanol–water partition coefficient (Wildman–Crippen LogP) is 5.64. The first kappa shape index (κ1) is 13.7.